The molecule has 1 heterocycles. The van der Waals surface area contributed by atoms with E-state index in [-0.39, 0.29) is 0 Å². The molecule has 0 bridgehead atoms. The quantitative estimate of drug-likeness (QED) is 0.521. The van der Waals surface area contributed by atoms with Gasteiger partial charge in [0.2, 0.25) is 12.6 Å². The summed E-state index contributed by atoms with van der Waals surface area (Å²) >= 11 is 0. The first-order valence-corrected chi connectivity index (χ1v) is 6.04. The number of carbonyl (C=O) groups excluding carboxylic acids is 2. The van der Waals surface area contributed by atoms with Crippen molar-refractivity contribution in [2.45, 2.75) is 36.8 Å². The number of carbonyl (C=O) groups is 2. The van der Waals surface area contributed by atoms with Crippen LogP contribution in [0.25, 0.3) is 0 Å². The Morgan fingerprint density at radius 1 is 0.654 bits per heavy atom. The zero-order valence-corrected chi connectivity index (χ0v) is 11.8. The minimum Gasteiger partial charge on any atom is -0.428 e. The molecule has 152 valence electrons. The Bertz CT molecular complexity index is 485. The second-order valence-electron chi connectivity index (χ2n) is 4.48. The largest absolute Gasteiger partial charge is 0.465 e. The van der Waals surface area contributed by atoms with Crippen LogP contribution in [-0.2, 0) is 28.5 Å². The predicted octanol–water partition coefficient (Wildman–Crippen LogP) is 2.17. The van der Waals surface area contributed by atoms with Crippen molar-refractivity contribution in [3.8, 4) is 0 Å². The van der Waals surface area contributed by atoms with Crippen LogP contribution in [0.5, 0.6) is 0 Å². The topological polar surface area (TPSA) is 71.1 Å². The van der Waals surface area contributed by atoms with Gasteiger partial charge in [-0.1, -0.05) is 0 Å². The molecule has 2 atom stereocenters. The first-order valence-electron chi connectivity index (χ1n) is 6.04. The van der Waals surface area contributed by atoms with Crippen LogP contribution < -0.4 is 0 Å². The Morgan fingerprint density at radius 3 is 1.12 bits per heavy atom. The van der Waals surface area contributed by atoms with Gasteiger partial charge in [-0.15, -0.1) is 0 Å². The fourth-order valence-electron chi connectivity index (χ4n) is 1.22. The van der Waals surface area contributed by atoms with E-state index in [1.807, 2.05) is 0 Å². The second kappa shape index (κ2) is 7.05. The summed E-state index contributed by atoms with van der Waals surface area (Å²) in [4.78, 5) is 21.5. The van der Waals surface area contributed by atoms with Crippen LogP contribution in [-0.4, -0.2) is 61.9 Å². The number of alkyl halides is 10. The van der Waals surface area contributed by atoms with E-state index in [0.717, 1.165) is 0 Å². The molecule has 0 radical (unpaired) electrons. The van der Waals surface area contributed by atoms with Gasteiger partial charge >= 0.3 is 36.1 Å². The van der Waals surface area contributed by atoms with Gasteiger partial charge in [0.15, 0.2) is 0 Å². The van der Waals surface area contributed by atoms with E-state index in [4.69, 9.17) is 0 Å². The van der Waals surface area contributed by atoms with Crippen molar-refractivity contribution in [2.24, 2.45) is 0 Å². The van der Waals surface area contributed by atoms with Gasteiger partial charge in [0, 0.05) is 0 Å². The second-order valence-corrected chi connectivity index (χ2v) is 4.48. The van der Waals surface area contributed by atoms with E-state index in [1.165, 1.54) is 0 Å². The van der Waals surface area contributed by atoms with Gasteiger partial charge in [-0.3, -0.25) is 0 Å². The Morgan fingerprint density at radius 2 is 0.923 bits per heavy atom. The lowest BCUT2D eigenvalue weighted by Gasteiger charge is -2.30. The summed E-state index contributed by atoms with van der Waals surface area (Å²) < 4.78 is 138. The molecule has 16 heteroatoms. The third-order valence-electron chi connectivity index (χ3n) is 2.54. The highest BCUT2D eigenvalue weighted by Gasteiger charge is 2.66. The maximum absolute atomic E-state index is 12.6. The molecule has 0 N–H and O–H groups in total. The van der Waals surface area contributed by atoms with Gasteiger partial charge in [0.25, 0.3) is 0 Å². The van der Waals surface area contributed by atoms with E-state index in [9.17, 15) is 53.5 Å². The monoisotopic (exact) mass is 412 g/mol. The molecule has 0 saturated carbocycles. The van der Waals surface area contributed by atoms with Gasteiger partial charge in [0.1, 0.15) is 13.2 Å². The molecule has 1 rings (SSSR count). The molecule has 0 aromatic heterocycles. The van der Waals surface area contributed by atoms with Crippen molar-refractivity contribution in [2.75, 3.05) is 13.2 Å². The van der Waals surface area contributed by atoms with Gasteiger partial charge in [-0.05, 0) is 0 Å². The molecular weight excluding hydrogens is 406 g/mol. The predicted molar refractivity (Wildman–Crippen MR) is 53.7 cm³/mol. The van der Waals surface area contributed by atoms with Crippen LogP contribution >= 0.6 is 0 Å². The smallest absolute Gasteiger partial charge is 0.428 e. The van der Waals surface area contributed by atoms with Gasteiger partial charge < -0.3 is 18.9 Å². The minimum atomic E-state index is -6.28. The Hall–Kier alpha value is -1.84. The molecule has 1 fully saturated rings. The average Bonchev–Trinajstić information content (AvgIpc) is 2.46. The number of halogens is 10. The van der Waals surface area contributed by atoms with Crippen molar-refractivity contribution in [1.82, 2.24) is 0 Å². The van der Waals surface area contributed by atoms with Crippen molar-refractivity contribution >= 4 is 11.9 Å². The number of ether oxygens (including phenoxy) is 4. The van der Waals surface area contributed by atoms with Gasteiger partial charge in [0.05, 0.1) is 0 Å². The summed E-state index contributed by atoms with van der Waals surface area (Å²) in [6.07, 6.45) is -16.9. The van der Waals surface area contributed by atoms with Crippen LogP contribution in [0.1, 0.15) is 0 Å². The molecule has 2 unspecified atom stereocenters. The van der Waals surface area contributed by atoms with Crippen molar-refractivity contribution < 1.29 is 72.4 Å². The average molecular weight is 412 g/mol. The Balaban J connectivity index is 2.56. The lowest BCUT2D eigenvalue weighted by Crippen LogP contribution is -2.50. The SMILES string of the molecule is O=C(OC1COC(OC(=O)C(F)(F)C(F)(F)F)CO1)C(F)(F)C(F)(F)F. The van der Waals surface area contributed by atoms with Crippen LogP contribution in [0.2, 0.25) is 0 Å². The number of rotatable bonds is 4. The lowest BCUT2D eigenvalue weighted by molar-refractivity contribution is -0.317. The summed E-state index contributed by atoms with van der Waals surface area (Å²) in [6.45, 7) is -2.40. The lowest BCUT2D eigenvalue weighted by atomic mass is 10.3. The first kappa shape index (κ1) is 22.2. The standard InChI is InChI=1S/C10H6F10O6/c11-7(12,9(15,16)17)5(21)25-3-1-23-4(2-24-3)26-6(22)8(13,14)10(18,19)20/h3-4H,1-2H2. The third kappa shape index (κ3) is 4.66. The normalized spacial score (nSPS) is 22.7. The van der Waals surface area contributed by atoms with Crippen molar-refractivity contribution in [1.29, 1.82) is 0 Å². The number of esters is 2. The zero-order valence-electron chi connectivity index (χ0n) is 11.8. The molecule has 6 nitrogen and oxygen atoms in total. The molecule has 0 spiro atoms. The minimum absolute atomic E-state index is 1.20. The molecule has 1 aliphatic heterocycles. The molecule has 26 heavy (non-hydrogen) atoms. The van der Waals surface area contributed by atoms with Crippen LogP contribution in [0.3, 0.4) is 0 Å². The van der Waals surface area contributed by atoms with Crippen LogP contribution in [0, 0.1) is 0 Å². The number of hydrogen-bond donors (Lipinski definition) is 0. The summed E-state index contributed by atoms with van der Waals surface area (Å²) in [5.74, 6) is -17.9. The van der Waals surface area contributed by atoms with E-state index in [1.54, 1.807) is 0 Å². The highest BCUT2D eigenvalue weighted by atomic mass is 19.4. The Kier molecular flexibility index (Phi) is 6.02. The highest BCUT2D eigenvalue weighted by Crippen LogP contribution is 2.38. The summed E-state index contributed by atoms with van der Waals surface area (Å²) in [5, 5.41) is 0. The first-order chi connectivity index (χ1) is 11.5. The van der Waals surface area contributed by atoms with E-state index in [2.05, 4.69) is 18.9 Å². The van der Waals surface area contributed by atoms with Gasteiger partial charge in [-0.2, -0.15) is 43.9 Å². The molecule has 0 aliphatic carbocycles. The van der Waals surface area contributed by atoms with Crippen molar-refractivity contribution in [3.05, 3.63) is 0 Å². The third-order valence-corrected chi connectivity index (χ3v) is 2.54. The molecule has 0 aromatic rings. The fraction of sp³-hybridized carbons (Fsp3) is 0.800. The van der Waals surface area contributed by atoms with Crippen molar-refractivity contribution in [3.63, 3.8) is 0 Å². The maximum atomic E-state index is 12.6. The fourth-order valence-corrected chi connectivity index (χ4v) is 1.22. The summed E-state index contributed by atoms with van der Waals surface area (Å²) in [7, 11) is 0. The highest BCUT2D eigenvalue weighted by molar-refractivity contribution is 5.79. The molecular formula is C10H6F10O6. The summed E-state index contributed by atoms with van der Waals surface area (Å²) in [6, 6.07) is 0. The number of hydrogen-bond acceptors (Lipinski definition) is 6. The van der Waals surface area contributed by atoms with Crippen LogP contribution in [0.15, 0.2) is 0 Å². The van der Waals surface area contributed by atoms with E-state index < -0.39 is 61.9 Å². The zero-order chi connectivity index (χ0) is 20.6. The Labute approximate surface area is 135 Å². The molecule has 0 amide bonds. The summed E-state index contributed by atoms with van der Waals surface area (Å²) in [5.41, 5.74) is 0. The molecule has 1 saturated heterocycles. The molecule has 0 aromatic carbocycles. The van der Waals surface area contributed by atoms with Crippen LogP contribution in [0.4, 0.5) is 43.9 Å². The molecule has 1 aliphatic rings. The maximum Gasteiger partial charge on any atom is 0.465 e. The van der Waals surface area contributed by atoms with E-state index in [0.29, 0.717) is 0 Å². The van der Waals surface area contributed by atoms with E-state index >= 15 is 0 Å². The van der Waals surface area contributed by atoms with Gasteiger partial charge in [-0.25, -0.2) is 9.59 Å².